The van der Waals surface area contributed by atoms with Gasteiger partial charge in [-0.3, -0.25) is 4.79 Å². The largest absolute Gasteiger partial charge is 0.353 e. The molecule has 2 aliphatic carbocycles. The van der Waals surface area contributed by atoms with E-state index in [-0.39, 0.29) is 36.6 Å². The number of Topliss-reactive ketones (excluding diaryl/α,β-unsaturated/α-hetero) is 1. The molecule has 32 heavy (non-hydrogen) atoms. The number of hydrogen-bond donors (Lipinski definition) is 0. The van der Waals surface area contributed by atoms with Crippen molar-refractivity contribution in [3.05, 3.63) is 12.2 Å². The van der Waals surface area contributed by atoms with E-state index >= 15 is 0 Å². The van der Waals surface area contributed by atoms with Gasteiger partial charge in [0.25, 0.3) is 0 Å². The summed E-state index contributed by atoms with van der Waals surface area (Å²) in [6, 6.07) is 0. The molecular formula is C27H40O5. The van der Waals surface area contributed by atoms with Crippen molar-refractivity contribution >= 4 is 5.78 Å². The van der Waals surface area contributed by atoms with Crippen LogP contribution in [0.15, 0.2) is 12.2 Å². The van der Waals surface area contributed by atoms with Gasteiger partial charge in [-0.1, -0.05) is 19.1 Å². The zero-order chi connectivity index (χ0) is 22.3. The molecule has 2 saturated carbocycles. The highest BCUT2D eigenvalue weighted by Crippen LogP contribution is 2.48. The molecular weight excluding hydrogens is 404 g/mol. The number of fused-ring (bicyclic) bond motifs is 1. The van der Waals surface area contributed by atoms with Crippen LogP contribution in [0.4, 0.5) is 0 Å². The van der Waals surface area contributed by atoms with Crippen LogP contribution in [0.25, 0.3) is 0 Å². The summed E-state index contributed by atoms with van der Waals surface area (Å²) in [5.74, 6) is 7.95. The maximum Gasteiger partial charge on any atom is 0.158 e. The highest BCUT2D eigenvalue weighted by atomic mass is 16.7. The number of carbonyl (C=O) groups is 1. The van der Waals surface area contributed by atoms with Crippen LogP contribution in [0.3, 0.4) is 0 Å². The maximum atomic E-state index is 12.2. The lowest BCUT2D eigenvalue weighted by Crippen LogP contribution is -2.32. The molecule has 0 aromatic carbocycles. The van der Waals surface area contributed by atoms with Crippen LogP contribution in [0.1, 0.15) is 78.1 Å². The standard InChI is InChI=1S/C27H40O5/c1-3-4-9-19(2)24(31-26-10-5-7-14-29-26)13-12-22-23-18-21(28)16-20(23)17-25(22)32-27-11-6-8-15-30-27/h12-13,19-20,22-27H,5-11,14-18H2,1-2H3/t19?,20-,22+,23-,24+,25+,26?,27?/m0/s1. The van der Waals surface area contributed by atoms with Crippen molar-refractivity contribution in [2.45, 2.75) is 103 Å². The molecule has 178 valence electrons. The van der Waals surface area contributed by atoms with Crippen molar-refractivity contribution in [3.8, 4) is 11.8 Å². The fourth-order valence-corrected chi connectivity index (χ4v) is 5.80. The summed E-state index contributed by atoms with van der Waals surface area (Å²) >= 11 is 0. The van der Waals surface area contributed by atoms with E-state index in [0.29, 0.717) is 30.5 Å². The molecule has 5 heteroatoms. The van der Waals surface area contributed by atoms with E-state index in [1.807, 2.05) is 6.92 Å². The van der Waals surface area contributed by atoms with Crippen molar-refractivity contribution in [2.75, 3.05) is 13.2 Å². The van der Waals surface area contributed by atoms with Crippen LogP contribution in [0, 0.1) is 35.5 Å². The van der Waals surface area contributed by atoms with Crippen LogP contribution < -0.4 is 0 Å². The minimum Gasteiger partial charge on any atom is -0.353 e. The van der Waals surface area contributed by atoms with Gasteiger partial charge in [0.05, 0.1) is 12.2 Å². The molecule has 4 rings (SSSR count). The lowest BCUT2D eigenvalue weighted by atomic mass is 9.89. The van der Waals surface area contributed by atoms with E-state index in [1.54, 1.807) is 0 Å². The third-order valence-electron chi connectivity index (χ3n) is 7.61. The first kappa shape index (κ1) is 24.0. The minimum atomic E-state index is -0.137. The summed E-state index contributed by atoms with van der Waals surface area (Å²) in [6.45, 7) is 5.64. The van der Waals surface area contributed by atoms with Gasteiger partial charge in [0.15, 0.2) is 12.6 Å². The summed E-state index contributed by atoms with van der Waals surface area (Å²) in [7, 11) is 0. The molecule has 0 N–H and O–H groups in total. The summed E-state index contributed by atoms with van der Waals surface area (Å²) in [6.07, 6.45) is 13.9. The molecule has 0 aromatic rings. The Balaban J connectivity index is 1.46. The van der Waals surface area contributed by atoms with Crippen LogP contribution in [-0.4, -0.2) is 43.8 Å². The van der Waals surface area contributed by atoms with Crippen molar-refractivity contribution in [1.29, 1.82) is 0 Å². The average Bonchev–Trinajstić information content (AvgIpc) is 3.31. The van der Waals surface area contributed by atoms with Crippen molar-refractivity contribution in [3.63, 3.8) is 0 Å². The molecule has 0 bridgehead atoms. The average molecular weight is 445 g/mol. The Bertz CT molecular complexity index is 695. The third kappa shape index (κ3) is 6.23. The Morgan fingerprint density at radius 3 is 2.53 bits per heavy atom. The molecule has 0 spiro atoms. The number of rotatable bonds is 8. The number of ether oxygens (including phenoxy) is 4. The van der Waals surface area contributed by atoms with Gasteiger partial charge >= 0.3 is 0 Å². The van der Waals surface area contributed by atoms with Crippen LogP contribution in [-0.2, 0) is 23.7 Å². The molecule has 2 heterocycles. The predicted octanol–water partition coefficient (Wildman–Crippen LogP) is 5.03. The Labute approximate surface area is 193 Å². The molecule has 2 saturated heterocycles. The Morgan fingerprint density at radius 2 is 1.84 bits per heavy atom. The molecule has 2 aliphatic heterocycles. The molecule has 8 atom stereocenters. The monoisotopic (exact) mass is 444 g/mol. The van der Waals surface area contributed by atoms with Gasteiger partial charge in [0.1, 0.15) is 5.78 Å². The van der Waals surface area contributed by atoms with E-state index in [0.717, 1.165) is 64.6 Å². The van der Waals surface area contributed by atoms with E-state index in [2.05, 4.69) is 30.9 Å². The second-order valence-electron chi connectivity index (χ2n) is 10.0. The first-order valence-electron chi connectivity index (χ1n) is 12.8. The molecule has 3 unspecified atom stereocenters. The first-order valence-corrected chi connectivity index (χ1v) is 12.8. The van der Waals surface area contributed by atoms with E-state index in [4.69, 9.17) is 18.9 Å². The second-order valence-corrected chi connectivity index (χ2v) is 10.0. The predicted molar refractivity (Wildman–Crippen MR) is 123 cm³/mol. The van der Waals surface area contributed by atoms with Crippen molar-refractivity contribution in [2.24, 2.45) is 23.7 Å². The molecule has 4 aliphatic rings. The quantitative estimate of drug-likeness (QED) is 0.388. The zero-order valence-corrected chi connectivity index (χ0v) is 19.8. The molecule has 0 aromatic heterocycles. The second kappa shape index (κ2) is 11.8. The highest BCUT2D eigenvalue weighted by Gasteiger charge is 2.48. The maximum absolute atomic E-state index is 12.2. The highest BCUT2D eigenvalue weighted by molar-refractivity contribution is 5.81. The fraction of sp³-hybridized carbons (Fsp3) is 0.815. The first-order chi connectivity index (χ1) is 15.6. The van der Waals surface area contributed by atoms with Crippen LogP contribution in [0.5, 0.6) is 0 Å². The summed E-state index contributed by atoms with van der Waals surface area (Å²) in [5, 5.41) is 0. The molecule has 0 radical (unpaired) electrons. The van der Waals surface area contributed by atoms with E-state index < -0.39 is 0 Å². The topological polar surface area (TPSA) is 54.0 Å². The zero-order valence-electron chi connectivity index (χ0n) is 19.8. The molecule has 5 nitrogen and oxygen atoms in total. The van der Waals surface area contributed by atoms with Crippen LogP contribution in [0.2, 0.25) is 0 Å². The van der Waals surface area contributed by atoms with E-state index in [1.165, 1.54) is 0 Å². The van der Waals surface area contributed by atoms with Gasteiger partial charge in [0, 0.05) is 38.4 Å². The Hall–Kier alpha value is -1.19. The number of ketones is 1. The van der Waals surface area contributed by atoms with Gasteiger partial charge < -0.3 is 18.9 Å². The van der Waals surface area contributed by atoms with Crippen molar-refractivity contribution in [1.82, 2.24) is 0 Å². The Kier molecular flexibility index (Phi) is 8.82. The normalized spacial score (nSPS) is 37.1. The number of hydrogen-bond acceptors (Lipinski definition) is 5. The van der Waals surface area contributed by atoms with Gasteiger partial charge in [-0.25, -0.2) is 0 Å². The summed E-state index contributed by atoms with van der Waals surface area (Å²) < 4.78 is 24.6. The van der Waals surface area contributed by atoms with Gasteiger partial charge in [0.2, 0.25) is 0 Å². The lowest BCUT2D eigenvalue weighted by Gasteiger charge is -2.31. The van der Waals surface area contributed by atoms with Gasteiger partial charge in [-0.15, -0.1) is 11.8 Å². The lowest BCUT2D eigenvalue weighted by molar-refractivity contribution is -0.193. The van der Waals surface area contributed by atoms with Crippen molar-refractivity contribution < 1.29 is 23.7 Å². The molecule has 4 fully saturated rings. The SMILES string of the molecule is CC#CCC(C)[C@@H](C=C[C@@H]1[C@H]2CC(=O)C[C@H]2C[C@H]1OC1CCCCO1)OC1CCCCO1. The van der Waals surface area contributed by atoms with Crippen LogP contribution >= 0.6 is 0 Å². The third-order valence-corrected chi connectivity index (χ3v) is 7.61. The smallest absolute Gasteiger partial charge is 0.158 e. The van der Waals surface area contributed by atoms with E-state index in [9.17, 15) is 4.79 Å². The Morgan fingerprint density at radius 1 is 1.09 bits per heavy atom. The minimum absolute atomic E-state index is 0.0540. The fourth-order valence-electron chi connectivity index (χ4n) is 5.80. The van der Waals surface area contributed by atoms with Gasteiger partial charge in [-0.2, -0.15) is 0 Å². The summed E-state index contributed by atoms with van der Waals surface area (Å²) in [5.41, 5.74) is 0. The number of carbonyl (C=O) groups excluding carboxylic acids is 1. The summed E-state index contributed by atoms with van der Waals surface area (Å²) in [4.78, 5) is 12.2. The molecule has 0 amide bonds. The van der Waals surface area contributed by atoms with Gasteiger partial charge in [-0.05, 0) is 69.6 Å².